The van der Waals surface area contributed by atoms with Crippen molar-refractivity contribution in [2.75, 3.05) is 0 Å². The number of pyridine rings is 1. The van der Waals surface area contributed by atoms with E-state index in [0.29, 0.717) is 22.4 Å². The van der Waals surface area contributed by atoms with Gasteiger partial charge in [0.1, 0.15) is 18.1 Å². The molecule has 7 heteroatoms. The Balaban J connectivity index is 1.49. The summed E-state index contributed by atoms with van der Waals surface area (Å²) in [6, 6.07) is 7.76. The smallest absolute Gasteiger partial charge is 0.195 e. The van der Waals surface area contributed by atoms with E-state index in [1.165, 1.54) is 12.1 Å². The molecule has 0 atom stereocenters. The highest BCUT2D eigenvalue weighted by Gasteiger charge is 2.17. The lowest BCUT2D eigenvalue weighted by molar-refractivity contribution is 0.103. The Morgan fingerprint density at radius 1 is 1.30 bits per heavy atom. The highest BCUT2D eigenvalue weighted by molar-refractivity contribution is 6.15. The lowest BCUT2D eigenvalue weighted by Gasteiger charge is -2.07. The molecule has 4 aromatic rings. The number of benzene rings is 1. The van der Waals surface area contributed by atoms with E-state index in [2.05, 4.69) is 26.9 Å². The molecular formula is C23H21FN4O2. The average Bonchev–Trinajstić information content (AvgIpc) is 3.34. The maximum Gasteiger partial charge on any atom is 0.195 e. The van der Waals surface area contributed by atoms with Crippen LogP contribution in [0.1, 0.15) is 46.5 Å². The van der Waals surface area contributed by atoms with Crippen molar-refractivity contribution in [2.24, 2.45) is 0 Å². The van der Waals surface area contributed by atoms with Crippen LogP contribution in [0.15, 0.2) is 48.8 Å². The van der Waals surface area contributed by atoms with Crippen molar-refractivity contribution in [1.82, 2.24) is 19.9 Å². The van der Waals surface area contributed by atoms with Crippen LogP contribution in [0.2, 0.25) is 0 Å². The summed E-state index contributed by atoms with van der Waals surface area (Å²) in [6.45, 7) is 4.07. The maximum atomic E-state index is 14.6. The predicted molar refractivity (Wildman–Crippen MR) is 113 cm³/mol. The van der Waals surface area contributed by atoms with Crippen LogP contribution in [-0.4, -0.2) is 25.7 Å². The molecule has 0 aliphatic heterocycles. The number of nitrogens with zero attached hydrogens (tertiary/aromatic N) is 2. The Bertz CT molecular complexity index is 1240. The van der Waals surface area contributed by atoms with Gasteiger partial charge in [0.25, 0.3) is 0 Å². The number of ketones is 1. The standard InChI is InChI=1S/C23H21FN4O2/c1-3-4-7-19-14(2)27-21(28-19)13-30-20-9-8-15(11-18(20)24)22(29)17-12-26-23-16(17)6-5-10-25-23/h4-12H,3,13H2,1-2H3,(H,25,26)(H,27,28)/b7-4-. The van der Waals surface area contributed by atoms with Gasteiger partial charge in [0.05, 0.1) is 5.69 Å². The second kappa shape index (κ2) is 8.32. The van der Waals surface area contributed by atoms with Crippen molar-refractivity contribution >= 4 is 22.9 Å². The molecule has 6 nitrogen and oxygen atoms in total. The number of nitrogens with one attached hydrogen (secondary N) is 2. The van der Waals surface area contributed by atoms with Crippen molar-refractivity contribution in [3.63, 3.8) is 0 Å². The quantitative estimate of drug-likeness (QED) is 0.426. The molecular weight excluding hydrogens is 383 g/mol. The number of rotatable bonds is 7. The van der Waals surface area contributed by atoms with Gasteiger partial charge in [-0.2, -0.15) is 0 Å². The van der Waals surface area contributed by atoms with Gasteiger partial charge in [-0.15, -0.1) is 0 Å². The van der Waals surface area contributed by atoms with Crippen LogP contribution < -0.4 is 4.74 Å². The zero-order valence-corrected chi connectivity index (χ0v) is 16.7. The predicted octanol–water partition coefficient (Wildman–Crippen LogP) is 4.97. The number of hydrogen-bond donors (Lipinski definition) is 2. The fraction of sp³-hybridized carbons (Fsp3) is 0.174. The molecule has 0 fully saturated rings. The first kappa shape index (κ1) is 19.6. The van der Waals surface area contributed by atoms with E-state index in [0.717, 1.165) is 17.8 Å². The zero-order valence-electron chi connectivity index (χ0n) is 16.7. The van der Waals surface area contributed by atoms with Crippen LogP contribution in [-0.2, 0) is 6.61 Å². The third-order valence-electron chi connectivity index (χ3n) is 4.74. The van der Waals surface area contributed by atoms with Crippen molar-refractivity contribution in [2.45, 2.75) is 26.9 Å². The number of carbonyl (C=O) groups is 1. The molecule has 0 radical (unpaired) electrons. The van der Waals surface area contributed by atoms with Gasteiger partial charge in [0.2, 0.25) is 0 Å². The van der Waals surface area contributed by atoms with Crippen LogP contribution >= 0.6 is 0 Å². The molecule has 2 N–H and O–H groups in total. The van der Waals surface area contributed by atoms with E-state index in [9.17, 15) is 9.18 Å². The average molecular weight is 404 g/mol. The van der Waals surface area contributed by atoms with Crippen LogP contribution in [0.4, 0.5) is 4.39 Å². The zero-order chi connectivity index (χ0) is 21.1. The van der Waals surface area contributed by atoms with Crippen LogP contribution in [0, 0.1) is 12.7 Å². The molecule has 0 saturated heterocycles. The minimum atomic E-state index is -0.604. The van der Waals surface area contributed by atoms with Gasteiger partial charge < -0.3 is 14.7 Å². The Morgan fingerprint density at radius 2 is 2.17 bits per heavy atom. The Hall–Kier alpha value is -3.74. The van der Waals surface area contributed by atoms with Gasteiger partial charge in [-0.05, 0) is 49.8 Å². The maximum absolute atomic E-state index is 14.6. The highest BCUT2D eigenvalue weighted by Crippen LogP contribution is 2.24. The Morgan fingerprint density at radius 3 is 2.97 bits per heavy atom. The summed E-state index contributed by atoms with van der Waals surface area (Å²) >= 11 is 0. The number of hydrogen-bond acceptors (Lipinski definition) is 4. The number of halogens is 1. The minimum Gasteiger partial charge on any atom is -0.483 e. The summed E-state index contributed by atoms with van der Waals surface area (Å²) in [6.07, 6.45) is 8.11. The van der Waals surface area contributed by atoms with Crippen LogP contribution in [0.25, 0.3) is 17.1 Å². The first-order valence-corrected chi connectivity index (χ1v) is 9.68. The number of imidazole rings is 1. The van der Waals surface area contributed by atoms with Crippen molar-refractivity contribution < 1.29 is 13.9 Å². The second-order valence-corrected chi connectivity index (χ2v) is 6.87. The normalized spacial score (nSPS) is 11.4. The molecule has 0 unspecified atom stereocenters. The second-order valence-electron chi connectivity index (χ2n) is 6.87. The van der Waals surface area contributed by atoms with E-state index in [1.54, 1.807) is 30.6 Å². The fourth-order valence-corrected chi connectivity index (χ4v) is 3.20. The summed E-state index contributed by atoms with van der Waals surface area (Å²) in [4.78, 5) is 27.5. The van der Waals surface area contributed by atoms with Gasteiger partial charge in [0, 0.05) is 34.6 Å². The van der Waals surface area contributed by atoms with E-state index in [-0.39, 0.29) is 23.7 Å². The molecule has 3 heterocycles. The largest absolute Gasteiger partial charge is 0.483 e. The summed E-state index contributed by atoms with van der Waals surface area (Å²) in [5.74, 6) is -0.220. The molecule has 0 bridgehead atoms. The number of fused-ring (bicyclic) bond motifs is 1. The van der Waals surface area contributed by atoms with E-state index < -0.39 is 5.82 Å². The molecule has 0 aliphatic rings. The molecule has 0 aliphatic carbocycles. The number of aromatic amines is 2. The molecule has 4 rings (SSSR count). The lowest BCUT2D eigenvalue weighted by Crippen LogP contribution is -2.03. The van der Waals surface area contributed by atoms with Gasteiger partial charge in [-0.3, -0.25) is 4.79 Å². The van der Waals surface area contributed by atoms with Crippen molar-refractivity contribution in [1.29, 1.82) is 0 Å². The number of aromatic nitrogens is 4. The summed E-state index contributed by atoms with van der Waals surface area (Å²) in [5.41, 5.74) is 3.07. The monoisotopic (exact) mass is 404 g/mol. The fourth-order valence-electron chi connectivity index (χ4n) is 3.20. The van der Waals surface area contributed by atoms with Crippen molar-refractivity contribution in [3.05, 3.63) is 83.0 Å². The molecule has 0 saturated carbocycles. The number of aryl methyl sites for hydroxylation is 1. The number of ether oxygens (including phenoxy) is 1. The summed E-state index contributed by atoms with van der Waals surface area (Å²) in [5, 5.41) is 0.698. The first-order valence-electron chi connectivity index (χ1n) is 9.68. The van der Waals surface area contributed by atoms with Crippen LogP contribution in [0.5, 0.6) is 5.75 Å². The van der Waals surface area contributed by atoms with Gasteiger partial charge in [-0.1, -0.05) is 13.0 Å². The minimum absolute atomic E-state index is 0.0619. The van der Waals surface area contributed by atoms with Crippen molar-refractivity contribution in [3.8, 4) is 5.75 Å². The van der Waals surface area contributed by atoms with Crippen LogP contribution in [0.3, 0.4) is 0 Å². The lowest BCUT2D eigenvalue weighted by atomic mass is 10.0. The highest BCUT2D eigenvalue weighted by atomic mass is 19.1. The molecule has 152 valence electrons. The molecule has 30 heavy (non-hydrogen) atoms. The number of H-pyrrole nitrogens is 2. The van der Waals surface area contributed by atoms with E-state index in [1.807, 2.05) is 19.1 Å². The Kier molecular flexibility index (Phi) is 5.43. The summed E-state index contributed by atoms with van der Waals surface area (Å²) in [7, 11) is 0. The number of carbonyl (C=O) groups excluding carboxylic acids is 1. The van der Waals surface area contributed by atoms with E-state index >= 15 is 0 Å². The third kappa shape index (κ3) is 3.87. The molecule has 0 spiro atoms. The molecule has 3 aromatic heterocycles. The summed E-state index contributed by atoms with van der Waals surface area (Å²) < 4.78 is 20.2. The Labute approximate surface area is 172 Å². The third-order valence-corrected chi connectivity index (χ3v) is 4.74. The van der Waals surface area contributed by atoms with E-state index in [4.69, 9.17) is 4.74 Å². The SMILES string of the molecule is CC/C=C\c1nc(COc2ccc(C(=O)c3c[nH]c4ncccc34)cc2F)[nH]c1C. The van der Waals surface area contributed by atoms with Gasteiger partial charge in [0.15, 0.2) is 17.3 Å². The van der Waals surface area contributed by atoms with Gasteiger partial charge in [-0.25, -0.2) is 14.4 Å². The molecule has 1 aromatic carbocycles. The number of allylic oxidation sites excluding steroid dienone is 1. The molecule has 0 amide bonds. The topological polar surface area (TPSA) is 83.7 Å². The first-order chi connectivity index (χ1) is 14.6. The van der Waals surface area contributed by atoms with Gasteiger partial charge >= 0.3 is 0 Å².